The van der Waals surface area contributed by atoms with Gasteiger partial charge in [-0.2, -0.15) is 4.98 Å². The van der Waals surface area contributed by atoms with E-state index in [1.165, 1.54) is 22.2 Å². The zero-order chi connectivity index (χ0) is 23.5. The lowest BCUT2D eigenvalue weighted by molar-refractivity contribution is 0.0939. The van der Waals surface area contributed by atoms with Crippen LogP contribution in [0.15, 0.2) is 52.3 Å². The van der Waals surface area contributed by atoms with E-state index in [2.05, 4.69) is 20.3 Å². The molecule has 4 rings (SSSR count). The molecule has 10 nitrogen and oxygen atoms in total. The zero-order valence-electron chi connectivity index (χ0n) is 17.5. The summed E-state index contributed by atoms with van der Waals surface area (Å²) in [6.45, 7) is 0.237. The van der Waals surface area contributed by atoms with E-state index in [-0.39, 0.29) is 24.3 Å². The van der Waals surface area contributed by atoms with Gasteiger partial charge in [0, 0.05) is 31.0 Å². The average Bonchev–Trinajstić information content (AvgIpc) is 3.15. The molecular weight excluding hydrogens is 471 g/mol. The number of aryl methyl sites for hydroxylation is 1. The molecule has 4 aromatic rings. The molecule has 0 aliphatic rings. The first kappa shape index (κ1) is 22.8. The second-order valence-electron chi connectivity index (χ2n) is 7.29. The monoisotopic (exact) mass is 490 g/mol. The van der Waals surface area contributed by atoms with Gasteiger partial charge in [-0.25, -0.2) is 4.79 Å². The third-order valence-electron chi connectivity index (χ3n) is 4.90. The van der Waals surface area contributed by atoms with Crippen LogP contribution in [0, 0.1) is 0 Å². The predicted octanol–water partition coefficient (Wildman–Crippen LogP) is 2.18. The van der Waals surface area contributed by atoms with E-state index in [1.807, 2.05) is 6.07 Å². The van der Waals surface area contributed by atoms with Gasteiger partial charge in [-0.05, 0) is 29.8 Å². The summed E-state index contributed by atoms with van der Waals surface area (Å²) in [5.41, 5.74) is 0.0296. The van der Waals surface area contributed by atoms with Crippen LogP contribution < -0.4 is 21.3 Å². The molecule has 0 unspecified atom stereocenters. The van der Waals surface area contributed by atoms with Gasteiger partial charge in [0.25, 0.3) is 5.56 Å². The molecule has 1 atom stereocenters. The number of nitrogens with one attached hydrogen (secondary N) is 2. The number of rotatable bonds is 8. The quantitative estimate of drug-likeness (QED) is 0.345. The highest BCUT2D eigenvalue weighted by atomic mass is 35.5. The number of fused-ring (bicyclic) bond motifs is 1. The molecule has 1 aromatic carbocycles. The highest BCUT2D eigenvalue weighted by molar-refractivity contribution is 6.35. The van der Waals surface area contributed by atoms with Gasteiger partial charge in [0.15, 0.2) is 11.2 Å². The summed E-state index contributed by atoms with van der Waals surface area (Å²) in [5.74, 6) is 0.676. The number of aromatic nitrogens is 5. The van der Waals surface area contributed by atoms with Crippen molar-refractivity contribution in [3.8, 4) is 5.75 Å². The number of aliphatic hydroxyl groups is 1. The van der Waals surface area contributed by atoms with Crippen molar-refractivity contribution in [1.82, 2.24) is 24.1 Å². The van der Waals surface area contributed by atoms with Gasteiger partial charge < -0.3 is 19.7 Å². The van der Waals surface area contributed by atoms with Crippen LogP contribution in [0.25, 0.3) is 11.2 Å². The highest BCUT2D eigenvalue weighted by Crippen LogP contribution is 2.27. The normalized spacial score (nSPS) is 12.1. The lowest BCUT2D eigenvalue weighted by Gasteiger charge is -2.16. The molecule has 33 heavy (non-hydrogen) atoms. The first-order valence-corrected chi connectivity index (χ1v) is 10.7. The van der Waals surface area contributed by atoms with Gasteiger partial charge in [-0.1, -0.05) is 29.3 Å². The predicted molar refractivity (Wildman–Crippen MR) is 125 cm³/mol. The number of hydrogen-bond donors (Lipinski definition) is 3. The van der Waals surface area contributed by atoms with Crippen molar-refractivity contribution in [3.05, 3.63) is 79.2 Å². The Kier molecular flexibility index (Phi) is 6.68. The Bertz CT molecular complexity index is 1400. The van der Waals surface area contributed by atoms with Gasteiger partial charge in [0.05, 0.1) is 11.6 Å². The van der Waals surface area contributed by atoms with Gasteiger partial charge in [0.1, 0.15) is 18.5 Å². The number of H-pyrrole nitrogens is 1. The smallest absolute Gasteiger partial charge is 0.329 e. The van der Waals surface area contributed by atoms with E-state index in [1.54, 1.807) is 30.6 Å². The Labute approximate surface area is 197 Å². The molecule has 0 aliphatic carbocycles. The second kappa shape index (κ2) is 9.65. The maximum Gasteiger partial charge on any atom is 0.329 e. The van der Waals surface area contributed by atoms with Gasteiger partial charge in [0.2, 0.25) is 5.95 Å². The molecule has 0 spiro atoms. The van der Waals surface area contributed by atoms with Crippen molar-refractivity contribution in [2.24, 2.45) is 7.05 Å². The Morgan fingerprint density at radius 3 is 2.82 bits per heavy atom. The number of benzene rings is 1. The largest absolute Gasteiger partial charge is 0.489 e. The zero-order valence-corrected chi connectivity index (χ0v) is 19.0. The minimum Gasteiger partial charge on any atom is -0.489 e. The average molecular weight is 491 g/mol. The highest BCUT2D eigenvalue weighted by Gasteiger charge is 2.20. The molecule has 3 heterocycles. The number of aromatic amines is 1. The van der Waals surface area contributed by atoms with Crippen LogP contribution in [0.1, 0.15) is 5.56 Å². The minimum absolute atomic E-state index is 0.0294. The van der Waals surface area contributed by atoms with E-state index in [9.17, 15) is 14.7 Å². The summed E-state index contributed by atoms with van der Waals surface area (Å²) in [5, 5.41) is 14.6. The maximum absolute atomic E-state index is 12.6. The van der Waals surface area contributed by atoms with E-state index in [4.69, 9.17) is 27.9 Å². The topological polar surface area (TPSA) is 127 Å². The van der Waals surface area contributed by atoms with Crippen molar-refractivity contribution < 1.29 is 9.84 Å². The fourth-order valence-electron chi connectivity index (χ4n) is 3.27. The SMILES string of the molecule is Cn1c(=O)[nH]c(=O)c2c1nc(NCc1cccnc1)n2C[C@H](O)COc1ccc(Cl)cc1Cl. The molecular formula is C21H20Cl2N6O4. The van der Waals surface area contributed by atoms with Crippen LogP contribution in [-0.4, -0.2) is 41.9 Å². The van der Waals surface area contributed by atoms with E-state index >= 15 is 0 Å². The summed E-state index contributed by atoms with van der Waals surface area (Å²) < 4.78 is 8.36. The molecule has 12 heteroatoms. The molecule has 0 radical (unpaired) electrons. The molecule has 172 valence electrons. The van der Waals surface area contributed by atoms with Gasteiger partial charge >= 0.3 is 5.69 Å². The number of nitrogens with zero attached hydrogens (tertiary/aromatic N) is 4. The van der Waals surface area contributed by atoms with Crippen molar-refractivity contribution in [1.29, 1.82) is 0 Å². The number of anilines is 1. The van der Waals surface area contributed by atoms with Crippen molar-refractivity contribution in [2.75, 3.05) is 11.9 Å². The summed E-state index contributed by atoms with van der Waals surface area (Å²) in [6, 6.07) is 8.45. The molecule has 0 saturated heterocycles. The van der Waals surface area contributed by atoms with Crippen LogP contribution in [0.5, 0.6) is 5.75 Å². The Balaban J connectivity index is 1.61. The maximum atomic E-state index is 12.6. The first-order chi connectivity index (χ1) is 15.8. The molecule has 0 saturated carbocycles. The standard InChI is InChI=1S/C21H20Cl2N6O4/c1-28-18-17(19(31)27-21(28)32)29(20(26-18)25-9-12-3-2-6-24-8-12)10-14(30)11-33-16-5-4-13(22)7-15(16)23/h2-8,14,30H,9-11H2,1H3,(H,25,26)(H,27,31,32)/t14-/m0/s1. The van der Waals surface area contributed by atoms with E-state index in [0.29, 0.717) is 28.3 Å². The van der Waals surface area contributed by atoms with Crippen LogP contribution in [0.4, 0.5) is 5.95 Å². The minimum atomic E-state index is -1.02. The lowest BCUT2D eigenvalue weighted by atomic mass is 10.3. The molecule has 0 aliphatic heterocycles. The number of halogens is 2. The molecule has 0 bridgehead atoms. The van der Waals surface area contributed by atoms with Crippen molar-refractivity contribution in [3.63, 3.8) is 0 Å². The molecule has 0 amide bonds. The van der Waals surface area contributed by atoms with Gasteiger partial charge in [-0.3, -0.25) is 19.3 Å². The number of ether oxygens (including phenoxy) is 1. The van der Waals surface area contributed by atoms with Crippen LogP contribution in [0.2, 0.25) is 10.0 Å². The summed E-state index contributed by atoms with van der Waals surface area (Å²) in [4.78, 5) is 35.4. The fourth-order valence-corrected chi connectivity index (χ4v) is 3.74. The van der Waals surface area contributed by atoms with Crippen LogP contribution >= 0.6 is 23.2 Å². The lowest BCUT2D eigenvalue weighted by Crippen LogP contribution is -2.31. The Morgan fingerprint density at radius 1 is 1.27 bits per heavy atom. The summed E-state index contributed by atoms with van der Waals surface area (Å²) in [6.07, 6.45) is 2.34. The third-order valence-corrected chi connectivity index (χ3v) is 5.43. The van der Waals surface area contributed by atoms with Crippen molar-refractivity contribution in [2.45, 2.75) is 19.2 Å². The number of aliphatic hydroxyl groups excluding tert-OH is 1. The summed E-state index contributed by atoms with van der Waals surface area (Å²) in [7, 11) is 1.50. The Hall–Kier alpha value is -3.34. The third kappa shape index (κ3) is 5.03. The van der Waals surface area contributed by atoms with E-state index < -0.39 is 17.4 Å². The fraction of sp³-hybridized carbons (Fsp3) is 0.238. The summed E-state index contributed by atoms with van der Waals surface area (Å²) >= 11 is 12.0. The molecule has 3 aromatic heterocycles. The number of hydrogen-bond acceptors (Lipinski definition) is 7. The van der Waals surface area contributed by atoms with Crippen LogP contribution in [-0.2, 0) is 20.1 Å². The van der Waals surface area contributed by atoms with E-state index in [0.717, 1.165) is 5.56 Å². The second-order valence-corrected chi connectivity index (χ2v) is 8.13. The van der Waals surface area contributed by atoms with Crippen molar-refractivity contribution >= 4 is 40.3 Å². The Morgan fingerprint density at radius 2 is 2.09 bits per heavy atom. The number of pyridine rings is 1. The van der Waals surface area contributed by atoms with Crippen LogP contribution in [0.3, 0.4) is 0 Å². The van der Waals surface area contributed by atoms with Gasteiger partial charge in [-0.15, -0.1) is 0 Å². The first-order valence-electron chi connectivity index (χ1n) is 9.91. The molecule has 0 fully saturated rings. The number of imidazole rings is 1. The molecule has 3 N–H and O–H groups in total.